The molecule has 2 N–H and O–H groups in total. The van der Waals surface area contributed by atoms with E-state index < -0.39 is 0 Å². The van der Waals surface area contributed by atoms with E-state index in [1.165, 1.54) is 25.7 Å². The summed E-state index contributed by atoms with van der Waals surface area (Å²) < 4.78 is 10.6. The summed E-state index contributed by atoms with van der Waals surface area (Å²) in [6.45, 7) is 1.32. The lowest BCUT2D eigenvalue weighted by atomic mass is 10.00. The molecule has 0 aliphatic heterocycles. The van der Waals surface area contributed by atoms with Crippen LogP contribution in [0.1, 0.15) is 37.7 Å². The first-order valence-electron chi connectivity index (χ1n) is 7.82. The van der Waals surface area contributed by atoms with E-state index >= 15 is 0 Å². The van der Waals surface area contributed by atoms with Crippen LogP contribution in [-0.4, -0.2) is 32.0 Å². The molecule has 0 heterocycles. The minimum Gasteiger partial charge on any atom is -0.497 e. The Morgan fingerprint density at radius 2 is 2.00 bits per heavy atom. The highest BCUT2D eigenvalue weighted by Crippen LogP contribution is 2.28. The standard InChI is InChI=1S/C17H27NO3/c1-20-16-8-7-14(17(10-16)21-2)11-18-12-15(19)9-13-5-3-4-6-13/h7-8,10,13,15,18-19H,3-6,9,11-12H2,1-2H3. The van der Waals surface area contributed by atoms with Crippen LogP contribution in [0.3, 0.4) is 0 Å². The monoisotopic (exact) mass is 293 g/mol. The van der Waals surface area contributed by atoms with Gasteiger partial charge >= 0.3 is 0 Å². The molecule has 0 saturated heterocycles. The van der Waals surface area contributed by atoms with Crippen molar-refractivity contribution in [2.24, 2.45) is 5.92 Å². The minimum absolute atomic E-state index is 0.252. The Morgan fingerprint density at radius 1 is 1.24 bits per heavy atom. The Labute approximate surface area is 127 Å². The largest absolute Gasteiger partial charge is 0.497 e. The third-order valence-corrected chi connectivity index (χ3v) is 4.27. The number of methoxy groups -OCH3 is 2. The average Bonchev–Trinajstić information content (AvgIpc) is 3.00. The van der Waals surface area contributed by atoms with Gasteiger partial charge in [0.15, 0.2) is 0 Å². The molecule has 21 heavy (non-hydrogen) atoms. The molecule has 2 rings (SSSR count). The molecule has 1 atom stereocenters. The lowest BCUT2D eigenvalue weighted by molar-refractivity contribution is 0.140. The van der Waals surface area contributed by atoms with E-state index in [1.807, 2.05) is 18.2 Å². The Bertz CT molecular complexity index is 430. The number of ether oxygens (including phenoxy) is 2. The Balaban J connectivity index is 1.77. The molecule has 1 aliphatic rings. The van der Waals surface area contributed by atoms with Gasteiger partial charge in [0.2, 0.25) is 0 Å². The summed E-state index contributed by atoms with van der Waals surface area (Å²) in [5.74, 6) is 2.32. The molecule has 1 unspecified atom stereocenters. The second-order valence-corrected chi connectivity index (χ2v) is 5.85. The number of nitrogens with one attached hydrogen (secondary N) is 1. The first-order valence-corrected chi connectivity index (χ1v) is 7.82. The van der Waals surface area contributed by atoms with Gasteiger partial charge in [0, 0.05) is 24.7 Å². The first kappa shape index (κ1) is 16.1. The maximum Gasteiger partial charge on any atom is 0.127 e. The fourth-order valence-corrected chi connectivity index (χ4v) is 3.09. The summed E-state index contributed by atoms with van der Waals surface area (Å²) in [6, 6.07) is 5.80. The van der Waals surface area contributed by atoms with Gasteiger partial charge in [-0.1, -0.05) is 31.7 Å². The normalized spacial score (nSPS) is 16.9. The van der Waals surface area contributed by atoms with Gasteiger partial charge < -0.3 is 19.9 Å². The molecule has 1 saturated carbocycles. The molecule has 0 radical (unpaired) electrons. The smallest absolute Gasteiger partial charge is 0.127 e. The minimum atomic E-state index is -0.252. The third-order valence-electron chi connectivity index (χ3n) is 4.27. The van der Waals surface area contributed by atoms with Crippen molar-refractivity contribution in [1.82, 2.24) is 5.32 Å². The molecule has 1 fully saturated rings. The average molecular weight is 293 g/mol. The number of aliphatic hydroxyl groups is 1. The van der Waals surface area contributed by atoms with Crippen LogP contribution in [0.25, 0.3) is 0 Å². The van der Waals surface area contributed by atoms with E-state index in [-0.39, 0.29) is 6.10 Å². The van der Waals surface area contributed by atoms with E-state index in [2.05, 4.69) is 5.32 Å². The number of hydrogen-bond donors (Lipinski definition) is 2. The SMILES string of the molecule is COc1ccc(CNCC(O)CC2CCCC2)c(OC)c1. The number of hydrogen-bond acceptors (Lipinski definition) is 4. The fraction of sp³-hybridized carbons (Fsp3) is 0.647. The zero-order valence-corrected chi connectivity index (χ0v) is 13.1. The molecule has 0 aromatic heterocycles. The fourth-order valence-electron chi connectivity index (χ4n) is 3.09. The highest BCUT2D eigenvalue weighted by Gasteiger charge is 2.18. The van der Waals surface area contributed by atoms with Crippen LogP contribution in [-0.2, 0) is 6.54 Å². The van der Waals surface area contributed by atoms with Crippen molar-refractivity contribution in [3.8, 4) is 11.5 Å². The summed E-state index contributed by atoms with van der Waals surface area (Å²) in [6.07, 6.45) is 5.89. The van der Waals surface area contributed by atoms with Gasteiger partial charge in [-0.2, -0.15) is 0 Å². The van der Waals surface area contributed by atoms with Gasteiger partial charge in [-0.3, -0.25) is 0 Å². The number of aliphatic hydroxyl groups excluding tert-OH is 1. The molecular weight excluding hydrogens is 266 g/mol. The van der Waals surface area contributed by atoms with Gasteiger partial charge in [-0.25, -0.2) is 0 Å². The Morgan fingerprint density at radius 3 is 2.67 bits per heavy atom. The van der Waals surface area contributed by atoms with Gasteiger partial charge in [-0.05, 0) is 18.4 Å². The molecule has 1 aliphatic carbocycles. The van der Waals surface area contributed by atoms with E-state index in [0.717, 1.165) is 29.4 Å². The molecule has 1 aromatic rings. The van der Waals surface area contributed by atoms with Crippen molar-refractivity contribution < 1.29 is 14.6 Å². The van der Waals surface area contributed by atoms with E-state index in [9.17, 15) is 5.11 Å². The van der Waals surface area contributed by atoms with Crippen molar-refractivity contribution in [3.05, 3.63) is 23.8 Å². The van der Waals surface area contributed by atoms with Crippen LogP contribution in [0.4, 0.5) is 0 Å². The third kappa shape index (κ3) is 4.90. The summed E-state index contributed by atoms with van der Waals surface area (Å²) in [4.78, 5) is 0. The molecule has 0 bridgehead atoms. The topological polar surface area (TPSA) is 50.7 Å². The van der Waals surface area contributed by atoms with Crippen molar-refractivity contribution >= 4 is 0 Å². The summed E-state index contributed by atoms with van der Waals surface area (Å²) in [5, 5.41) is 13.4. The van der Waals surface area contributed by atoms with Crippen LogP contribution in [0.5, 0.6) is 11.5 Å². The zero-order chi connectivity index (χ0) is 15.1. The van der Waals surface area contributed by atoms with Crippen LogP contribution in [0.2, 0.25) is 0 Å². The highest BCUT2D eigenvalue weighted by molar-refractivity contribution is 5.40. The van der Waals surface area contributed by atoms with Gasteiger partial charge in [0.05, 0.1) is 20.3 Å². The summed E-state index contributed by atoms with van der Waals surface area (Å²) in [5.41, 5.74) is 1.08. The Hall–Kier alpha value is -1.26. The van der Waals surface area contributed by atoms with E-state index in [4.69, 9.17) is 9.47 Å². The molecule has 0 amide bonds. The van der Waals surface area contributed by atoms with Crippen molar-refractivity contribution in [2.75, 3.05) is 20.8 Å². The van der Waals surface area contributed by atoms with Crippen LogP contribution < -0.4 is 14.8 Å². The summed E-state index contributed by atoms with van der Waals surface area (Å²) >= 11 is 0. The molecule has 1 aromatic carbocycles. The maximum absolute atomic E-state index is 10.1. The van der Waals surface area contributed by atoms with Crippen molar-refractivity contribution in [3.63, 3.8) is 0 Å². The highest BCUT2D eigenvalue weighted by atomic mass is 16.5. The second-order valence-electron chi connectivity index (χ2n) is 5.85. The second kappa shape index (κ2) is 8.25. The molecule has 4 nitrogen and oxygen atoms in total. The van der Waals surface area contributed by atoms with Gasteiger partial charge in [0.25, 0.3) is 0 Å². The van der Waals surface area contributed by atoms with Gasteiger partial charge in [-0.15, -0.1) is 0 Å². The lowest BCUT2D eigenvalue weighted by Crippen LogP contribution is -2.28. The number of rotatable bonds is 8. The van der Waals surface area contributed by atoms with Crippen LogP contribution in [0.15, 0.2) is 18.2 Å². The van der Waals surface area contributed by atoms with E-state index in [0.29, 0.717) is 13.1 Å². The zero-order valence-electron chi connectivity index (χ0n) is 13.1. The molecular formula is C17H27NO3. The van der Waals surface area contributed by atoms with Crippen LogP contribution in [0, 0.1) is 5.92 Å². The lowest BCUT2D eigenvalue weighted by Gasteiger charge is -2.17. The van der Waals surface area contributed by atoms with Crippen LogP contribution >= 0.6 is 0 Å². The van der Waals surface area contributed by atoms with Crippen molar-refractivity contribution in [1.29, 1.82) is 0 Å². The Kier molecular flexibility index (Phi) is 6.33. The summed E-state index contributed by atoms with van der Waals surface area (Å²) in [7, 11) is 3.30. The molecule has 4 heteroatoms. The van der Waals surface area contributed by atoms with Crippen molar-refractivity contribution in [2.45, 2.75) is 44.8 Å². The predicted octanol–water partition coefficient (Wildman–Crippen LogP) is 2.73. The van der Waals surface area contributed by atoms with Gasteiger partial charge in [0.1, 0.15) is 11.5 Å². The predicted molar refractivity (Wildman–Crippen MR) is 83.8 cm³/mol. The maximum atomic E-state index is 10.1. The molecule has 118 valence electrons. The first-order chi connectivity index (χ1) is 10.2. The quantitative estimate of drug-likeness (QED) is 0.774. The number of benzene rings is 1. The van der Waals surface area contributed by atoms with E-state index in [1.54, 1.807) is 14.2 Å². The molecule has 0 spiro atoms.